The molecule has 0 unspecified atom stereocenters. The first kappa shape index (κ1) is 21.7. The minimum absolute atomic E-state index is 0.134. The zero-order chi connectivity index (χ0) is 21.3. The van der Waals surface area contributed by atoms with Crippen LogP contribution in [0.2, 0.25) is 0 Å². The Bertz CT molecular complexity index is 849. The van der Waals surface area contributed by atoms with E-state index < -0.39 is 6.10 Å². The standard InChI is InChI=1S/C22H26FN3O4/c23-16-6-4-5-15(11-16)13-24-21(28)12-18-9-10-19(20(14-27)30-18)26-22(29)25-17-7-2-1-3-8-17/h1-8,11,18-20,27H,9-10,12-14H2,(H,24,28)(H2,25,26,29)/t18-,19-,20+/m0/s1. The zero-order valence-corrected chi connectivity index (χ0v) is 16.5. The molecular weight excluding hydrogens is 389 g/mol. The van der Waals surface area contributed by atoms with Crippen molar-refractivity contribution in [3.8, 4) is 0 Å². The van der Waals surface area contributed by atoms with E-state index in [0.717, 1.165) is 0 Å². The number of rotatable bonds is 7. The molecular formula is C22H26FN3O4. The molecule has 1 fully saturated rings. The lowest BCUT2D eigenvalue weighted by Gasteiger charge is -2.35. The molecule has 0 spiro atoms. The van der Waals surface area contributed by atoms with Gasteiger partial charge in [-0.3, -0.25) is 4.79 Å². The van der Waals surface area contributed by atoms with E-state index in [9.17, 15) is 19.1 Å². The number of aliphatic hydroxyl groups excluding tert-OH is 1. The number of hydrogen-bond acceptors (Lipinski definition) is 4. The first-order valence-electron chi connectivity index (χ1n) is 9.93. The smallest absolute Gasteiger partial charge is 0.319 e. The van der Waals surface area contributed by atoms with Gasteiger partial charge in [-0.1, -0.05) is 30.3 Å². The minimum Gasteiger partial charge on any atom is -0.394 e. The van der Waals surface area contributed by atoms with E-state index in [2.05, 4.69) is 16.0 Å². The summed E-state index contributed by atoms with van der Waals surface area (Å²) in [5.41, 5.74) is 1.34. The van der Waals surface area contributed by atoms with Crippen LogP contribution in [0.4, 0.5) is 14.9 Å². The van der Waals surface area contributed by atoms with Crippen molar-refractivity contribution < 1.29 is 23.8 Å². The van der Waals surface area contributed by atoms with Crippen LogP contribution >= 0.6 is 0 Å². The van der Waals surface area contributed by atoms with Crippen LogP contribution in [0.15, 0.2) is 54.6 Å². The van der Waals surface area contributed by atoms with Gasteiger partial charge in [-0.25, -0.2) is 9.18 Å². The summed E-state index contributed by atoms with van der Waals surface area (Å²) in [4.78, 5) is 24.4. The van der Waals surface area contributed by atoms with Gasteiger partial charge in [0.25, 0.3) is 0 Å². The van der Waals surface area contributed by atoms with E-state index in [0.29, 0.717) is 24.1 Å². The molecule has 30 heavy (non-hydrogen) atoms. The van der Waals surface area contributed by atoms with Crippen LogP contribution in [0.25, 0.3) is 0 Å². The predicted molar refractivity (Wildman–Crippen MR) is 110 cm³/mol. The van der Waals surface area contributed by atoms with Gasteiger partial charge in [0.2, 0.25) is 5.91 Å². The summed E-state index contributed by atoms with van der Waals surface area (Å²) in [6.45, 7) is -0.0335. The largest absolute Gasteiger partial charge is 0.394 e. The monoisotopic (exact) mass is 415 g/mol. The molecule has 2 aromatic carbocycles. The fourth-order valence-corrected chi connectivity index (χ4v) is 3.43. The second-order valence-corrected chi connectivity index (χ2v) is 7.24. The molecule has 160 valence electrons. The highest BCUT2D eigenvalue weighted by Gasteiger charge is 2.32. The molecule has 3 amide bonds. The highest BCUT2D eigenvalue weighted by atomic mass is 19.1. The van der Waals surface area contributed by atoms with Crippen LogP contribution in [0, 0.1) is 5.82 Å². The lowest BCUT2D eigenvalue weighted by molar-refractivity contribution is -0.130. The van der Waals surface area contributed by atoms with Crippen molar-refractivity contribution >= 4 is 17.6 Å². The van der Waals surface area contributed by atoms with E-state index in [1.54, 1.807) is 24.3 Å². The number of nitrogens with one attached hydrogen (secondary N) is 3. The normalized spacial score (nSPS) is 20.9. The van der Waals surface area contributed by atoms with Gasteiger partial charge in [0, 0.05) is 12.2 Å². The van der Waals surface area contributed by atoms with E-state index in [1.165, 1.54) is 12.1 Å². The molecule has 3 rings (SSSR count). The number of halogens is 1. The lowest BCUT2D eigenvalue weighted by atomic mass is 9.97. The van der Waals surface area contributed by atoms with Gasteiger partial charge in [0.1, 0.15) is 11.9 Å². The predicted octanol–water partition coefficient (Wildman–Crippen LogP) is 2.56. The molecule has 3 atom stereocenters. The number of amides is 3. The second kappa shape index (κ2) is 10.7. The number of benzene rings is 2. The molecule has 1 saturated heterocycles. The van der Waals surface area contributed by atoms with Gasteiger partial charge in [0.15, 0.2) is 0 Å². The van der Waals surface area contributed by atoms with Crippen molar-refractivity contribution in [1.82, 2.24) is 10.6 Å². The first-order chi connectivity index (χ1) is 14.5. The Hall–Kier alpha value is -2.97. The first-order valence-corrected chi connectivity index (χ1v) is 9.93. The third-order valence-electron chi connectivity index (χ3n) is 4.94. The van der Waals surface area contributed by atoms with E-state index in [4.69, 9.17) is 4.74 Å². The van der Waals surface area contributed by atoms with Crippen molar-refractivity contribution in [2.75, 3.05) is 11.9 Å². The van der Waals surface area contributed by atoms with Crippen molar-refractivity contribution in [3.05, 3.63) is 66.0 Å². The maximum atomic E-state index is 13.2. The van der Waals surface area contributed by atoms with Gasteiger partial charge in [-0.05, 0) is 42.7 Å². The topological polar surface area (TPSA) is 99.7 Å². The molecule has 0 radical (unpaired) electrons. The van der Waals surface area contributed by atoms with Crippen LogP contribution in [0.1, 0.15) is 24.8 Å². The van der Waals surface area contributed by atoms with Crippen molar-refractivity contribution in [2.45, 2.75) is 44.1 Å². The highest BCUT2D eigenvalue weighted by molar-refractivity contribution is 5.89. The quantitative estimate of drug-likeness (QED) is 0.558. The highest BCUT2D eigenvalue weighted by Crippen LogP contribution is 2.22. The second-order valence-electron chi connectivity index (χ2n) is 7.24. The van der Waals surface area contributed by atoms with Gasteiger partial charge in [-0.15, -0.1) is 0 Å². The van der Waals surface area contributed by atoms with Crippen LogP contribution < -0.4 is 16.0 Å². The molecule has 2 aromatic rings. The Morgan fingerprint density at radius 1 is 1.10 bits per heavy atom. The van der Waals surface area contributed by atoms with Crippen LogP contribution in [-0.4, -0.2) is 41.9 Å². The van der Waals surface area contributed by atoms with Crippen molar-refractivity contribution in [3.63, 3.8) is 0 Å². The third-order valence-corrected chi connectivity index (χ3v) is 4.94. The van der Waals surface area contributed by atoms with Gasteiger partial charge in [-0.2, -0.15) is 0 Å². The zero-order valence-electron chi connectivity index (χ0n) is 16.5. The summed E-state index contributed by atoms with van der Waals surface area (Å²) < 4.78 is 19.0. The number of carbonyl (C=O) groups excluding carboxylic acids is 2. The number of urea groups is 1. The number of carbonyl (C=O) groups is 2. The summed E-state index contributed by atoms with van der Waals surface area (Å²) in [6, 6.07) is 14.4. The number of aliphatic hydroxyl groups is 1. The Morgan fingerprint density at radius 2 is 1.90 bits per heavy atom. The number of para-hydroxylation sites is 1. The summed E-state index contributed by atoms with van der Waals surface area (Å²) in [5, 5.41) is 18.0. The number of hydrogen-bond donors (Lipinski definition) is 4. The van der Waals surface area contributed by atoms with E-state index in [1.807, 2.05) is 18.2 Å². The number of ether oxygens (including phenoxy) is 1. The van der Waals surface area contributed by atoms with Crippen LogP contribution in [0.5, 0.6) is 0 Å². The maximum absolute atomic E-state index is 13.2. The molecule has 1 aliphatic heterocycles. The molecule has 1 heterocycles. The molecule has 0 aliphatic carbocycles. The summed E-state index contributed by atoms with van der Waals surface area (Å²) in [6.07, 6.45) is 0.329. The fourth-order valence-electron chi connectivity index (χ4n) is 3.43. The molecule has 0 bridgehead atoms. The van der Waals surface area contributed by atoms with Gasteiger partial charge < -0.3 is 25.8 Å². The molecule has 1 aliphatic rings. The third kappa shape index (κ3) is 6.53. The average molecular weight is 415 g/mol. The fraction of sp³-hybridized carbons (Fsp3) is 0.364. The van der Waals surface area contributed by atoms with Gasteiger partial charge in [0.05, 0.1) is 25.2 Å². The van der Waals surface area contributed by atoms with Crippen LogP contribution in [0.3, 0.4) is 0 Å². The summed E-state index contributed by atoms with van der Waals surface area (Å²) in [7, 11) is 0. The average Bonchev–Trinajstić information content (AvgIpc) is 2.74. The van der Waals surface area contributed by atoms with Crippen molar-refractivity contribution in [1.29, 1.82) is 0 Å². The lowest BCUT2D eigenvalue weighted by Crippen LogP contribution is -2.52. The van der Waals surface area contributed by atoms with Crippen molar-refractivity contribution in [2.24, 2.45) is 0 Å². The maximum Gasteiger partial charge on any atom is 0.319 e. The van der Waals surface area contributed by atoms with E-state index >= 15 is 0 Å². The number of anilines is 1. The Morgan fingerprint density at radius 3 is 2.63 bits per heavy atom. The summed E-state index contributed by atoms with van der Waals surface area (Å²) >= 11 is 0. The molecule has 4 N–H and O–H groups in total. The Labute approximate surface area is 174 Å². The Balaban J connectivity index is 1.44. The molecule has 8 heteroatoms. The molecule has 0 aromatic heterocycles. The SMILES string of the molecule is O=C(C[C@@H]1CC[C@H](NC(=O)Nc2ccccc2)[C@@H](CO)O1)NCc1cccc(F)c1. The Kier molecular flexibility index (Phi) is 7.75. The molecule has 7 nitrogen and oxygen atoms in total. The summed E-state index contributed by atoms with van der Waals surface area (Å²) in [5.74, 6) is -0.563. The minimum atomic E-state index is -0.596. The van der Waals surface area contributed by atoms with Crippen LogP contribution in [-0.2, 0) is 16.1 Å². The van der Waals surface area contributed by atoms with E-state index in [-0.39, 0.29) is 49.5 Å². The molecule has 0 saturated carbocycles. The van der Waals surface area contributed by atoms with Gasteiger partial charge >= 0.3 is 6.03 Å².